The van der Waals surface area contributed by atoms with Gasteiger partial charge in [-0.2, -0.15) is 0 Å². The molecule has 1 atom stereocenters. The Labute approximate surface area is 231 Å². The van der Waals surface area contributed by atoms with Crippen LogP contribution >= 0.6 is 0 Å². The van der Waals surface area contributed by atoms with Crippen molar-refractivity contribution in [2.75, 3.05) is 7.11 Å². The lowest BCUT2D eigenvalue weighted by Gasteiger charge is -2.28. The van der Waals surface area contributed by atoms with Gasteiger partial charge in [0.25, 0.3) is 0 Å². The van der Waals surface area contributed by atoms with Gasteiger partial charge in [-0.15, -0.1) is 0 Å². The number of aromatic nitrogens is 2. The zero-order chi connectivity index (χ0) is 27.8. The molecule has 0 radical (unpaired) electrons. The number of esters is 1. The molecule has 1 rings (SSSR count). The fourth-order valence-electron chi connectivity index (χ4n) is 4.92. The molecule has 1 heterocycles. The van der Waals surface area contributed by atoms with Crippen LogP contribution in [-0.2, 0) is 25.5 Å². The van der Waals surface area contributed by atoms with E-state index in [9.17, 15) is 14.4 Å². The second-order valence-electron chi connectivity index (χ2n) is 10.6. The number of imidazole rings is 1. The van der Waals surface area contributed by atoms with Gasteiger partial charge in [-0.3, -0.25) is 14.5 Å². The number of amides is 2. The van der Waals surface area contributed by atoms with Crippen LogP contribution in [0.15, 0.2) is 12.5 Å². The normalized spacial score (nSPS) is 11.9. The largest absolute Gasteiger partial charge is 0.467 e. The third-order valence-electron chi connectivity index (χ3n) is 7.28. The van der Waals surface area contributed by atoms with E-state index in [0.29, 0.717) is 5.69 Å². The number of carbonyl (C=O) groups excluding carboxylic acids is 3. The molecule has 0 unspecified atom stereocenters. The first-order valence-electron chi connectivity index (χ1n) is 15.4. The summed E-state index contributed by atoms with van der Waals surface area (Å²) in [5.41, 5.74) is 0.692. The molecule has 0 saturated carbocycles. The summed E-state index contributed by atoms with van der Waals surface area (Å²) in [7, 11) is 1.30. The maximum atomic E-state index is 13.3. The van der Waals surface area contributed by atoms with Crippen molar-refractivity contribution in [3.05, 3.63) is 18.2 Å². The van der Waals surface area contributed by atoms with Crippen molar-refractivity contribution < 1.29 is 19.1 Å². The molecule has 1 aromatic rings. The number of nitrogens with one attached hydrogen (secondary N) is 1. The van der Waals surface area contributed by atoms with E-state index in [2.05, 4.69) is 23.8 Å². The number of ether oxygens (including phenoxy) is 1. The van der Waals surface area contributed by atoms with Crippen molar-refractivity contribution in [2.24, 2.45) is 0 Å². The Bertz CT molecular complexity index is 701. The fraction of sp³-hybridized carbons (Fsp3) is 0.806. The minimum Gasteiger partial charge on any atom is -0.467 e. The second-order valence-corrected chi connectivity index (χ2v) is 10.6. The number of methoxy groups -OCH3 is 1. The molecular formula is C31H55N3O4. The van der Waals surface area contributed by atoms with Crippen molar-refractivity contribution in [3.8, 4) is 0 Å². The average Bonchev–Trinajstić information content (AvgIpc) is 3.43. The number of unbranched alkanes of at least 4 members (excludes halogenated alkanes) is 16. The van der Waals surface area contributed by atoms with Crippen molar-refractivity contribution in [3.63, 3.8) is 0 Å². The molecule has 0 bridgehead atoms. The molecule has 7 nitrogen and oxygen atoms in total. The van der Waals surface area contributed by atoms with Gasteiger partial charge < -0.3 is 9.72 Å². The highest BCUT2D eigenvalue weighted by molar-refractivity contribution is 5.99. The van der Waals surface area contributed by atoms with Crippen molar-refractivity contribution in [1.29, 1.82) is 0 Å². The van der Waals surface area contributed by atoms with E-state index in [1.165, 1.54) is 95.4 Å². The van der Waals surface area contributed by atoms with Gasteiger partial charge in [-0.05, 0) is 12.8 Å². The van der Waals surface area contributed by atoms with Gasteiger partial charge in [0.1, 0.15) is 6.04 Å². The Morgan fingerprint density at radius 2 is 1.16 bits per heavy atom. The van der Waals surface area contributed by atoms with E-state index in [4.69, 9.17) is 4.74 Å². The smallest absolute Gasteiger partial charge is 0.329 e. The van der Waals surface area contributed by atoms with E-state index < -0.39 is 12.0 Å². The van der Waals surface area contributed by atoms with Gasteiger partial charge in [0.15, 0.2) is 0 Å². The van der Waals surface area contributed by atoms with Gasteiger partial charge in [-0.1, -0.05) is 117 Å². The Balaban J connectivity index is 2.62. The van der Waals surface area contributed by atoms with Crippen LogP contribution in [0.5, 0.6) is 0 Å². The fourth-order valence-corrected chi connectivity index (χ4v) is 4.92. The minimum absolute atomic E-state index is 0.180. The maximum absolute atomic E-state index is 13.3. The zero-order valence-corrected chi connectivity index (χ0v) is 24.6. The highest BCUT2D eigenvalue weighted by atomic mass is 16.5. The molecule has 218 valence electrons. The van der Waals surface area contributed by atoms with Crippen molar-refractivity contribution >= 4 is 17.8 Å². The van der Waals surface area contributed by atoms with Gasteiger partial charge in [0.05, 0.1) is 13.4 Å². The second kappa shape index (κ2) is 22.8. The lowest BCUT2D eigenvalue weighted by atomic mass is 10.0. The summed E-state index contributed by atoms with van der Waals surface area (Å²) in [5, 5.41) is 0. The van der Waals surface area contributed by atoms with Crippen molar-refractivity contribution in [1.82, 2.24) is 14.9 Å². The van der Waals surface area contributed by atoms with Crippen LogP contribution in [0.3, 0.4) is 0 Å². The summed E-state index contributed by atoms with van der Waals surface area (Å²) >= 11 is 0. The molecule has 7 heteroatoms. The number of carbonyl (C=O) groups is 3. The first kappa shape index (κ1) is 33.8. The van der Waals surface area contributed by atoms with Crippen LogP contribution in [0.1, 0.15) is 148 Å². The standard InChI is InChI=1S/C31H55N3O4/c1-4-6-8-10-12-14-16-18-20-22-29(35)34(28(31(37)38-3)24-27-25-32-26-33-27)30(36)23-21-19-17-15-13-11-9-7-5-2/h25-26,28H,4-24H2,1-3H3,(H,32,33)/t28-/m0/s1. The number of imide groups is 1. The quantitative estimate of drug-likeness (QED) is 0.109. The molecule has 0 fully saturated rings. The predicted octanol–water partition coefficient (Wildman–Crippen LogP) is 7.69. The minimum atomic E-state index is -0.974. The molecule has 0 aliphatic heterocycles. The molecular weight excluding hydrogens is 478 g/mol. The number of H-pyrrole nitrogens is 1. The number of rotatable bonds is 24. The molecule has 0 saturated heterocycles. The number of nitrogens with zero attached hydrogens (tertiary/aromatic N) is 2. The monoisotopic (exact) mass is 533 g/mol. The highest BCUT2D eigenvalue weighted by Crippen LogP contribution is 2.18. The van der Waals surface area contributed by atoms with Gasteiger partial charge in [0, 0.05) is 31.2 Å². The van der Waals surface area contributed by atoms with Crippen LogP contribution in [0.2, 0.25) is 0 Å². The van der Waals surface area contributed by atoms with E-state index >= 15 is 0 Å². The Morgan fingerprint density at radius 1 is 0.737 bits per heavy atom. The summed E-state index contributed by atoms with van der Waals surface area (Å²) in [4.78, 5) is 47.6. The lowest BCUT2D eigenvalue weighted by Crippen LogP contribution is -2.50. The molecule has 0 aromatic carbocycles. The molecule has 1 aromatic heterocycles. The highest BCUT2D eigenvalue weighted by Gasteiger charge is 2.35. The van der Waals surface area contributed by atoms with Crippen LogP contribution in [0.25, 0.3) is 0 Å². The van der Waals surface area contributed by atoms with Gasteiger partial charge in [0.2, 0.25) is 11.8 Å². The lowest BCUT2D eigenvalue weighted by molar-refractivity contribution is -0.160. The van der Waals surface area contributed by atoms with E-state index in [1.807, 2.05) is 0 Å². The zero-order valence-electron chi connectivity index (χ0n) is 24.6. The molecule has 2 amide bonds. The summed E-state index contributed by atoms with van der Waals surface area (Å²) in [6, 6.07) is -0.974. The van der Waals surface area contributed by atoms with Gasteiger partial charge >= 0.3 is 5.97 Å². The number of hydrogen-bond donors (Lipinski definition) is 1. The molecule has 0 aliphatic rings. The Morgan fingerprint density at radius 3 is 1.53 bits per heavy atom. The number of aromatic amines is 1. The Hall–Kier alpha value is -2.18. The van der Waals surface area contributed by atoms with Gasteiger partial charge in [-0.25, -0.2) is 9.78 Å². The van der Waals surface area contributed by atoms with E-state index in [-0.39, 0.29) is 31.1 Å². The SMILES string of the molecule is CCCCCCCCCCCC(=O)N(C(=O)CCCCCCCCCCC)[C@@H](Cc1cnc[nH]1)C(=O)OC. The molecule has 1 N–H and O–H groups in total. The summed E-state index contributed by atoms with van der Waals surface area (Å²) in [5.74, 6) is -1.12. The average molecular weight is 534 g/mol. The topological polar surface area (TPSA) is 92.4 Å². The first-order chi connectivity index (χ1) is 18.5. The van der Waals surface area contributed by atoms with Crippen molar-refractivity contribution in [2.45, 2.75) is 155 Å². The molecule has 0 spiro atoms. The van der Waals surface area contributed by atoms with Crippen LogP contribution in [0.4, 0.5) is 0 Å². The summed E-state index contributed by atoms with van der Waals surface area (Å²) < 4.78 is 5.02. The molecule has 38 heavy (non-hydrogen) atoms. The summed E-state index contributed by atoms with van der Waals surface area (Å²) in [6.45, 7) is 4.45. The van der Waals surface area contributed by atoms with E-state index in [1.54, 1.807) is 6.20 Å². The summed E-state index contributed by atoms with van der Waals surface area (Å²) in [6.07, 6.45) is 24.6. The van der Waals surface area contributed by atoms with Crippen LogP contribution in [-0.4, -0.2) is 45.8 Å². The first-order valence-corrected chi connectivity index (χ1v) is 15.4. The number of hydrogen-bond acceptors (Lipinski definition) is 5. The predicted molar refractivity (Wildman–Crippen MR) is 154 cm³/mol. The molecule has 0 aliphatic carbocycles. The van der Waals surface area contributed by atoms with E-state index in [0.717, 1.165) is 38.5 Å². The van der Waals surface area contributed by atoms with Crippen LogP contribution < -0.4 is 0 Å². The maximum Gasteiger partial charge on any atom is 0.329 e. The third-order valence-corrected chi connectivity index (χ3v) is 7.28. The Kier molecular flexibility index (Phi) is 20.3. The third kappa shape index (κ3) is 15.3. The van der Waals surface area contributed by atoms with Crippen LogP contribution in [0, 0.1) is 0 Å².